The molecule has 14 heavy (non-hydrogen) atoms. The summed E-state index contributed by atoms with van der Waals surface area (Å²) in [6.07, 6.45) is 4.18. The van der Waals surface area contributed by atoms with Gasteiger partial charge < -0.3 is 4.90 Å². The minimum Gasteiger partial charge on any atom is -0.306 e. The lowest BCUT2D eigenvalue weighted by Crippen LogP contribution is -2.21. The molecule has 0 aliphatic carbocycles. The summed E-state index contributed by atoms with van der Waals surface area (Å²) in [5, 5.41) is 0. The van der Waals surface area contributed by atoms with Crippen LogP contribution in [0.3, 0.4) is 0 Å². The lowest BCUT2D eigenvalue weighted by atomic mass is 10.1. The summed E-state index contributed by atoms with van der Waals surface area (Å²) in [6.45, 7) is 5.95. The Morgan fingerprint density at radius 1 is 1.21 bits per heavy atom. The van der Waals surface area contributed by atoms with Gasteiger partial charge in [-0.1, -0.05) is 36.4 Å². The Morgan fingerprint density at radius 2 is 1.93 bits per heavy atom. The van der Waals surface area contributed by atoms with Crippen LogP contribution >= 0.6 is 0 Å². The Hall–Kier alpha value is -1.08. The third kappa shape index (κ3) is 4.24. The first-order valence-corrected chi connectivity index (χ1v) is 5.16. The Morgan fingerprint density at radius 3 is 2.57 bits per heavy atom. The van der Waals surface area contributed by atoms with E-state index in [0.717, 1.165) is 25.9 Å². The number of hydrogen-bond donors (Lipinski definition) is 0. The Labute approximate surface area is 87.1 Å². The van der Waals surface area contributed by atoms with Crippen LogP contribution in [0.2, 0.25) is 0 Å². The summed E-state index contributed by atoms with van der Waals surface area (Å²) in [5.41, 5.74) is 1.41. The topological polar surface area (TPSA) is 3.24 Å². The number of nitrogens with zero attached hydrogens (tertiary/aromatic N) is 1. The van der Waals surface area contributed by atoms with E-state index in [4.69, 9.17) is 0 Å². The molecule has 0 aromatic heterocycles. The number of likely N-dealkylation sites (N-methyl/N-ethyl adjacent to an activating group) is 1. The maximum atomic E-state index is 3.72. The van der Waals surface area contributed by atoms with Gasteiger partial charge in [-0.2, -0.15) is 0 Å². The summed E-state index contributed by atoms with van der Waals surface area (Å²) < 4.78 is 0. The van der Waals surface area contributed by atoms with Crippen LogP contribution in [0, 0.1) is 0 Å². The first-order valence-electron chi connectivity index (χ1n) is 5.16. The van der Waals surface area contributed by atoms with Crippen LogP contribution in [-0.2, 0) is 6.42 Å². The molecular weight excluding hydrogens is 170 g/mol. The summed E-state index contributed by atoms with van der Waals surface area (Å²) in [7, 11) is 2.16. The van der Waals surface area contributed by atoms with Gasteiger partial charge in [0.2, 0.25) is 0 Å². The van der Waals surface area contributed by atoms with Crippen molar-refractivity contribution in [2.24, 2.45) is 0 Å². The standard InChI is InChI=1S/C13H19N/c1-3-4-11-14(2)12-10-13-8-6-5-7-9-13/h3,5-9H,1,4,10-12H2,2H3. The zero-order valence-electron chi connectivity index (χ0n) is 8.95. The van der Waals surface area contributed by atoms with Crippen LogP contribution in [0.15, 0.2) is 43.0 Å². The molecule has 76 valence electrons. The van der Waals surface area contributed by atoms with Gasteiger partial charge in [-0.3, -0.25) is 0 Å². The number of rotatable bonds is 6. The molecule has 1 aromatic carbocycles. The highest BCUT2D eigenvalue weighted by atomic mass is 15.1. The van der Waals surface area contributed by atoms with Crippen molar-refractivity contribution in [1.29, 1.82) is 0 Å². The third-order valence-corrected chi connectivity index (χ3v) is 2.34. The molecule has 0 amide bonds. The van der Waals surface area contributed by atoms with Gasteiger partial charge in [0.05, 0.1) is 0 Å². The van der Waals surface area contributed by atoms with E-state index in [2.05, 4.69) is 48.9 Å². The third-order valence-electron chi connectivity index (χ3n) is 2.34. The van der Waals surface area contributed by atoms with Gasteiger partial charge in [-0.25, -0.2) is 0 Å². The number of hydrogen-bond acceptors (Lipinski definition) is 1. The average Bonchev–Trinajstić information content (AvgIpc) is 2.25. The van der Waals surface area contributed by atoms with E-state index in [-0.39, 0.29) is 0 Å². The molecule has 0 atom stereocenters. The van der Waals surface area contributed by atoms with Crippen LogP contribution in [-0.4, -0.2) is 25.0 Å². The van der Waals surface area contributed by atoms with Crippen LogP contribution < -0.4 is 0 Å². The molecule has 1 aromatic rings. The van der Waals surface area contributed by atoms with E-state index in [1.54, 1.807) is 0 Å². The van der Waals surface area contributed by atoms with Gasteiger partial charge >= 0.3 is 0 Å². The van der Waals surface area contributed by atoms with Crippen molar-refractivity contribution >= 4 is 0 Å². The zero-order valence-corrected chi connectivity index (χ0v) is 8.95. The first kappa shape index (κ1) is 11.0. The molecule has 0 radical (unpaired) electrons. The monoisotopic (exact) mass is 189 g/mol. The summed E-state index contributed by atoms with van der Waals surface area (Å²) in [4.78, 5) is 2.34. The van der Waals surface area contributed by atoms with Crippen LogP contribution in [0.1, 0.15) is 12.0 Å². The predicted octanol–water partition coefficient (Wildman–Crippen LogP) is 2.74. The van der Waals surface area contributed by atoms with Crippen molar-refractivity contribution in [2.75, 3.05) is 20.1 Å². The van der Waals surface area contributed by atoms with E-state index in [1.807, 2.05) is 6.08 Å². The van der Waals surface area contributed by atoms with Gasteiger partial charge in [-0.15, -0.1) is 6.58 Å². The van der Waals surface area contributed by atoms with E-state index < -0.39 is 0 Å². The zero-order chi connectivity index (χ0) is 10.2. The molecule has 0 aliphatic heterocycles. The van der Waals surface area contributed by atoms with Gasteiger partial charge in [0.15, 0.2) is 0 Å². The SMILES string of the molecule is C=CCCN(C)CCc1ccccc1. The molecule has 0 saturated heterocycles. The lowest BCUT2D eigenvalue weighted by molar-refractivity contribution is 0.345. The molecule has 0 saturated carbocycles. The Kier molecular flexibility index (Phi) is 5.02. The fourth-order valence-electron chi connectivity index (χ4n) is 1.39. The maximum absolute atomic E-state index is 3.72. The summed E-state index contributed by atoms with van der Waals surface area (Å²) in [5.74, 6) is 0. The lowest BCUT2D eigenvalue weighted by Gasteiger charge is -2.15. The molecule has 0 spiro atoms. The molecule has 1 nitrogen and oxygen atoms in total. The second-order valence-electron chi connectivity index (χ2n) is 3.62. The van der Waals surface area contributed by atoms with Crippen LogP contribution in [0.4, 0.5) is 0 Å². The maximum Gasteiger partial charge on any atom is 0.00189 e. The van der Waals surface area contributed by atoms with Crippen molar-refractivity contribution in [3.8, 4) is 0 Å². The van der Waals surface area contributed by atoms with E-state index in [9.17, 15) is 0 Å². The van der Waals surface area contributed by atoms with Crippen molar-refractivity contribution < 1.29 is 0 Å². The molecule has 0 fully saturated rings. The van der Waals surface area contributed by atoms with E-state index in [0.29, 0.717) is 0 Å². The van der Waals surface area contributed by atoms with E-state index >= 15 is 0 Å². The molecule has 0 unspecified atom stereocenters. The van der Waals surface area contributed by atoms with Crippen molar-refractivity contribution in [2.45, 2.75) is 12.8 Å². The van der Waals surface area contributed by atoms with Crippen molar-refractivity contribution in [1.82, 2.24) is 4.90 Å². The van der Waals surface area contributed by atoms with Crippen molar-refractivity contribution in [3.63, 3.8) is 0 Å². The fraction of sp³-hybridized carbons (Fsp3) is 0.385. The smallest absolute Gasteiger partial charge is 0.00189 e. The van der Waals surface area contributed by atoms with Crippen LogP contribution in [0.5, 0.6) is 0 Å². The van der Waals surface area contributed by atoms with Gasteiger partial charge in [0.1, 0.15) is 0 Å². The molecule has 0 aliphatic rings. The Balaban J connectivity index is 2.23. The van der Waals surface area contributed by atoms with Crippen molar-refractivity contribution in [3.05, 3.63) is 48.6 Å². The first-order chi connectivity index (χ1) is 6.83. The second-order valence-corrected chi connectivity index (χ2v) is 3.62. The normalized spacial score (nSPS) is 10.4. The molecule has 1 heteroatoms. The quantitative estimate of drug-likeness (QED) is 0.622. The van der Waals surface area contributed by atoms with Gasteiger partial charge in [0.25, 0.3) is 0 Å². The highest BCUT2D eigenvalue weighted by Gasteiger charge is 1.97. The predicted molar refractivity (Wildman–Crippen MR) is 62.5 cm³/mol. The minimum absolute atomic E-state index is 1.07. The summed E-state index contributed by atoms with van der Waals surface area (Å²) >= 11 is 0. The molecule has 1 rings (SSSR count). The second kappa shape index (κ2) is 6.39. The van der Waals surface area contributed by atoms with E-state index in [1.165, 1.54) is 5.56 Å². The number of benzene rings is 1. The average molecular weight is 189 g/mol. The summed E-state index contributed by atoms with van der Waals surface area (Å²) in [6, 6.07) is 10.6. The molecular formula is C13H19N. The van der Waals surface area contributed by atoms with Crippen LogP contribution in [0.25, 0.3) is 0 Å². The Bertz CT molecular complexity index is 253. The molecule has 0 bridgehead atoms. The largest absolute Gasteiger partial charge is 0.306 e. The fourth-order valence-corrected chi connectivity index (χ4v) is 1.39. The van der Waals surface area contributed by atoms with Gasteiger partial charge in [0, 0.05) is 13.1 Å². The highest BCUT2D eigenvalue weighted by Crippen LogP contribution is 2.00. The molecule has 0 N–H and O–H groups in total. The highest BCUT2D eigenvalue weighted by molar-refractivity contribution is 5.14. The van der Waals surface area contributed by atoms with Gasteiger partial charge in [-0.05, 0) is 25.5 Å². The minimum atomic E-state index is 1.07. The molecule has 0 heterocycles.